The van der Waals surface area contributed by atoms with Crippen LogP contribution in [0.25, 0.3) is 0 Å². The Balaban J connectivity index is 3.99. The molecule has 0 heterocycles. The van der Waals surface area contributed by atoms with Gasteiger partial charge in [0.1, 0.15) is 0 Å². The Morgan fingerprint density at radius 3 is 2.46 bits per heavy atom. The van der Waals surface area contributed by atoms with Crippen molar-refractivity contribution in [1.82, 2.24) is 0 Å². The maximum atomic E-state index is 10.9. The predicted molar refractivity (Wildman–Crippen MR) is 51.4 cm³/mol. The molecule has 0 rings (SSSR count). The van der Waals surface area contributed by atoms with Crippen molar-refractivity contribution in [3.05, 3.63) is 12.2 Å². The van der Waals surface area contributed by atoms with Gasteiger partial charge in [-0.25, -0.2) is 4.79 Å². The number of methoxy groups -OCH3 is 1. The molecule has 0 saturated heterocycles. The van der Waals surface area contributed by atoms with E-state index < -0.39 is 0 Å². The summed E-state index contributed by atoms with van der Waals surface area (Å²) in [5, 5.41) is 0. The van der Waals surface area contributed by atoms with Crippen LogP contribution in [0.2, 0.25) is 0 Å². The van der Waals surface area contributed by atoms with E-state index in [0.29, 0.717) is 12.5 Å². The summed E-state index contributed by atoms with van der Waals surface area (Å²) in [7, 11) is 1.63. The molecule has 0 aromatic heterocycles. The number of hydrogen-bond donors (Lipinski definition) is 0. The normalized spacial score (nSPS) is 13.6. The Labute approximate surface area is 79.7 Å². The van der Waals surface area contributed by atoms with E-state index in [9.17, 15) is 4.79 Å². The molecule has 0 aliphatic rings. The number of rotatable bonds is 5. The number of carbonyl (C=O) groups is 1. The highest BCUT2D eigenvalue weighted by atomic mass is 16.5. The van der Waals surface area contributed by atoms with Gasteiger partial charge in [0.25, 0.3) is 0 Å². The lowest BCUT2D eigenvalue weighted by Gasteiger charge is -2.14. The van der Waals surface area contributed by atoms with Gasteiger partial charge in [-0.2, -0.15) is 0 Å². The fourth-order valence-corrected chi connectivity index (χ4v) is 0.937. The van der Waals surface area contributed by atoms with Crippen LogP contribution in [0.4, 0.5) is 0 Å². The first kappa shape index (κ1) is 12.2. The highest BCUT2D eigenvalue weighted by Crippen LogP contribution is 2.06. The van der Waals surface area contributed by atoms with E-state index >= 15 is 0 Å². The molecular formula is C10H18O3. The van der Waals surface area contributed by atoms with Gasteiger partial charge in [0.05, 0.1) is 12.7 Å². The molecule has 0 aliphatic carbocycles. The van der Waals surface area contributed by atoms with Crippen LogP contribution in [0.5, 0.6) is 0 Å². The zero-order valence-electron chi connectivity index (χ0n) is 8.74. The first-order valence-electron chi connectivity index (χ1n) is 4.49. The summed E-state index contributed by atoms with van der Waals surface area (Å²) >= 11 is 0. The van der Waals surface area contributed by atoms with Crippen molar-refractivity contribution in [1.29, 1.82) is 0 Å². The van der Waals surface area contributed by atoms with Crippen molar-refractivity contribution in [3.8, 4) is 0 Å². The summed E-state index contributed by atoms with van der Waals surface area (Å²) < 4.78 is 9.88. The van der Waals surface area contributed by atoms with Crippen LogP contribution >= 0.6 is 0 Å². The predicted octanol–water partition coefficient (Wildman–Crippen LogP) is 1.78. The lowest BCUT2D eigenvalue weighted by Crippen LogP contribution is -2.15. The maximum absolute atomic E-state index is 10.9. The first-order valence-corrected chi connectivity index (χ1v) is 4.49. The molecule has 13 heavy (non-hydrogen) atoms. The minimum absolute atomic E-state index is 0.0237. The molecule has 0 unspecified atom stereocenters. The van der Waals surface area contributed by atoms with Gasteiger partial charge < -0.3 is 9.47 Å². The van der Waals surface area contributed by atoms with Crippen molar-refractivity contribution in [2.24, 2.45) is 5.92 Å². The Morgan fingerprint density at radius 1 is 1.46 bits per heavy atom. The lowest BCUT2D eigenvalue weighted by atomic mass is 10.1. The Bertz CT molecular complexity index is 173. The number of esters is 1. The molecule has 0 aromatic carbocycles. The minimum atomic E-state index is -0.315. The van der Waals surface area contributed by atoms with Crippen molar-refractivity contribution in [3.63, 3.8) is 0 Å². The Kier molecular flexibility index (Phi) is 6.24. The maximum Gasteiger partial charge on any atom is 0.330 e. The molecule has 0 N–H and O–H groups in total. The van der Waals surface area contributed by atoms with Crippen LogP contribution in [0.3, 0.4) is 0 Å². The van der Waals surface area contributed by atoms with E-state index in [1.807, 2.05) is 13.8 Å². The molecule has 0 radical (unpaired) electrons. The van der Waals surface area contributed by atoms with Crippen molar-refractivity contribution in [2.45, 2.75) is 26.9 Å². The summed E-state index contributed by atoms with van der Waals surface area (Å²) in [6, 6.07) is 0. The molecule has 0 aromatic rings. The SMILES string of the molecule is CCOC(=O)/C=C/[C@H](OC)C(C)C. The summed E-state index contributed by atoms with van der Waals surface area (Å²) in [5.74, 6) is 0.0425. The third-order valence-corrected chi connectivity index (χ3v) is 1.64. The van der Waals surface area contributed by atoms with Gasteiger partial charge in [0, 0.05) is 13.2 Å². The molecule has 0 spiro atoms. The molecule has 0 bridgehead atoms. The van der Waals surface area contributed by atoms with Crippen LogP contribution in [-0.2, 0) is 14.3 Å². The van der Waals surface area contributed by atoms with E-state index in [0.717, 1.165) is 0 Å². The van der Waals surface area contributed by atoms with E-state index in [-0.39, 0.29) is 12.1 Å². The van der Waals surface area contributed by atoms with Gasteiger partial charge in [-0.15, -0.1) is 0 Å². The van der Waals surface area contributed by atoms with Crippen molar-refractivity contribution >= 4 is 5.97 Å². The summed E-state index contributed by atoms with van der Waals surface area (Å²) in [6.07, 6.45) is 3.12. The average molecular weight is 186 g/mol. The fourth-order valence-electron chi connectivity index (χ4n) is 0.937. The molecule has 0 amide bonds. The molecule has 0 aliphatic heterocycles. The second-order valence-electron chi connectivity index (χ2n) is 3.06. The van der Waals surface area contributed by atoms with Crippen molar-refractivity contribution < 1.29 is 14.3 Å². The van der Waals surface area contributed by atoms with Gasteiger partial charge in [-0.3, -0.25) is 0 Å². The van der Waals surface area contributed by atoms with Crippen LogP contribution in [-0.4, -0.2) is 25.8 Å². The smallest absolute Gasteiger partial charge is 0.330 e. The first-order chi connectivity index (χ1) is 6.11. The summed E-state index contributed by atoms with van der Waals surface area (Å²) in [6.45, 7) is 6.25. The van der Waals surface area contributed by atoms with Gasteiger partial charge in [-0.05, 0) is 18.9 Å². The molecule has 1 atom stereocenters. The second-order valence-corrected chi connectivity index (χ2v) is 3.06. The summed E-state index contributed by atoms with van der Waals surface area (Å²) in [4.78, 5) is 10.9. The molecule has 76 valence electrons. The highest BCUT2D eigenvalue weighted by molar-refractivity contribution is 5.81. The van der Waals surface area contributed by atoms with Gasteiger partial charge in [0.15, 0.2) is 0 Å². The fraction of sp³-hybridized carbons (Fsp3) is 0.700. The number of hydrogen-bond acceptors (Lipinski definition) is 3. The standard InChI is InChI=1S/C10H18O3/c1-5-13-10(11)7-6-9(12-4)8(2)3/h6-9H,5H2,1-4H3/b7-6+/t9-/m0/s1. The molecule has 3 heteroatoms. The second kappa shape index (κ2) is 6.66. The van der Waals surface area contributed by atoms with E-state index in [4.69, 9.17) is 9.47 Å². The van der Waals surface area contributed by atoms with E-state index in [1.54, 1.807) is 20.1 Å². The van der Waals surface area contributed by atoms with Gasteiger partial charge in [0.2, 0.25) is 0 Å². The molecule has 0 fully saturated rings. The zero-order chi connectivity index (χ0) is 10.3. The zero-order valence-corrected chi connectivity index (χ0v) is 8.74. The third kappa shape index (κ3) is 5.42. The monoisotopic (exact) mass is 186 g/mol. The molecule has 0 saturated carbocycles. The van der Waals surface area contributed by atoms with E-state index in [2.05, 4.69) is 0 Å². The van der Waals surface area contributed by atoms with Crippen LogP contribution in [0.15, 0.2) is 12.2 Å². The average Bonchev–Trinajstić information content (AvgIpc) is 2.05. The Morgan fingerprint density at radius 2 is 2.08 bits per heavy atom. The quantitative estimate of drug-likeness (QED) is 0.485. The minimum Gasteiger partial charge on any atom is -0.463 e. The topological polar surface area (TPSA) is 35.5 Å². The van der Waals surface area contributed by atoms with Crippen LogP contribution in [0, 0.1) is 5.92 Å². The van der Waals surface area contributed by atoms with Crippen LogP contribution < -0.4 is 0 Å². The summed E-state index contributed by atoms with van der Waals surface area (Å²) in [5.41, 5.74) is 0. The Hall–Kier alpha value is -0.830. The van der Waals surface area contributed by atoms with E-state index in [1.165, 1.54) is 6.08 Å². The van der Waals surface area contributed by atoms with Crippen LogP contribution in [0.1, 0.15) is 20.8 Å². The lowest BCUT2D eigenvalue weighted by molar-refractivity contribution is -0.137. The van der Waals surface area contributed by atoms with Gasteiger partial charge in [-0.1, -0.05) is 13.8 Å². The number of carbonyl (C=O) groups excluding carboxylic acids is 1. The highest BCUT2D eigenvalue weighted by Gasteiger charge is 2.08. The van der Waals surface area contributed by atoms with Crippen molar-refractivity contribution in [2.75, 3.05) is 13.7 Å². The largest absolute Gasteiger partial charge is 0.463 e. The third-order valence-electron chi connectivity index (χ3n) is 1.64. The molecule has 3 nitrogen and oxygen atoms in total. The number of ether oxygens (including phenoxy) is 2. The molecular weight excluding hydrogens is 168 g/mol. The van der Waals surface area contributed by atoms with Gasteiger partial charge >= 0.3 is 5.97 Å².